The molecule has 0 aromatic rings. The predicted octanol–water partition coefficient (Wildman–Crippen LogP) is 3.35. The molecular formula is C21H29FO3. The number of aliphatic hydroxyl groups excluding tert-OH is 1. The number of halogens is 1. The minimum absolute atomic E-state index is 0.0373. The second-order valence-electron chi connectivity index (χ2n) is 9.55. The number of hydrogen-bond donors (Lipinski definition) is 2. The highest BCUT2D eigenvalue weighted by atomic mass is 19.1. The van der Waals surface area contributed by atoms with Crippen LogP contribution in [-0.4, -0.2) is 33.4 Å². The van der Waals surface area contributed by atoms with Gasteiger partial charge in [-0.05, 0) is 63.5 Å². The van der Waals surface area contributed by atoms with Crippen LogP contribution in [0.1, 0.15) is 53.4 Å². The summed E-state index contributed by atoms with van der Waals surface area (Å²) in [7, 11) is 0. The summed E-state index contributed by atoms with van der Waals surface area (Å²) in [5, 5.41) is 22.2. The lowest BCUT2D eigenvalue weighted by Crippen LogP contribution is -2.68. The lowest BCUT2D eigenvalue weighted by Gasteiger charge is -2.62. The second-order valence-corrected chi connectivity index (χ2v) is 9.55. The van der Waals surface area contributed by atoms with E-state index in [1.165, 1.54) is 6.08 Å². The number of ketones is 1. The molecule has 4 rings (SSSR count). The summed E-state index contributed by atoms with van der Waals surface area (Å²) < 4.78 is 16.7. The van der Waals surface area contributed by atoms with Crippen molar-refractivity contribution in [3.05, 3.63) is 23.8 Å². The normalized spacial score (nSPS) is 57.6. The van der Waals surface area contributed by atoms with Crippen molar-refractivity contribution in [1.82, 2.24) is 0 Å². The maximum atomic E-state index is 16.7. The molecule has 8 atom stereocenters. The Morgan fingerprint density at radius 3 is 2.60 bits per heavy atom. The molecule has 0 aliphatic heterocycles. The minimum Gasteiger partial charge on any atom is -0.390 e. The van der Waals surface area contributed by atoms with Crippen LogP contribution >= 0.6 is 0 Å². The third kappa shape index (κ3) is 1.80. The van der Waals surface area contributed by atoms with Crippen molar-refractivity contribution in [2.75, 3.05) is 0 Å². The lowest BCUT2D eigenvalue weighted by atomic mass is 9.45. The van der Waals surface area contributed by atoms with Gasteiger partial charge in [-0.2, -0.15) is 0 Å². The van der Waals surface area contributed by atoms with Gasteiger partial charge in [-0.15, -0.1) is 0 Å². The van der Waals surface area contributed by atoms with E-state index in [2.05, 4.69) is 0 Å². The van der Waals surface area contributed by atoms with E-state index in [1.54, 1.807) is 12.2 Å². The van der Waals surface area contributed by atoms with Crippen molar-refractivity contribution in [1.29, 1.82) is 0 Å². The first kappa shape index (κ1) is 17.4. The number of aliphatic hydroxyl groups is 2. The van der Waals surface area contributed by atoms with Crippen molar-refractivity contribution in [3.8, 4) is 0 Å². The molecule has 25 heavy (non-hydrogen) atoms. The van der Waals surface area contributed by atoms with Crippen molar-refractivity contribution in [2.45, 2.75) is 70.8 Å². The van der Waals surface area contributed by atoms with Crippen molar-refractivity contribution in [2.24, 2.45) is 28.6 Å². The maximum Gasteiger partial charge on any atom is 0.178 e. The molecule has 8 unspecified atom stereocenters. The van der Waals surface area contributed by atoms with Crippen LogP contribution in [-0.2, 0) is 4.79 Å². The Labute approximate surface area is 149 Å². The standard InChI is InChI=1S/C21H29FO3/c1-12-9-16-15-6-5-13-10-14(23)7-8-18(13,2)21(15,22)17(24)11-19(16,3)20(12,4)25/h7-8,10,12,15-17,24-25H,5-6,9,11H2,1-4H3. The van der Waals surface area contributed by atoms with E-state index in [-0.39, 0.29) is 30.0 Å². The molecule has 0 aromatic carbocycles. The Morgan fingerprint density at radius 2 is 1.92 bits per heavy atom. The van der Waals surface area contributed by atoms with E-state index < -0.39 is 28.2 Å². The Hall–Kier alpha value is -1.00. The largest absolute Gasteiger partial charge is 0.390 e. The highest BCUT2D eigenvalue weighted by molar-refractivity contribution is 6.01. The third-order valence-corrected chi connectivity index (χ3v) is 8.75. The number of allylic oxidation sites excluding steroid dienone is 4. The van der Waals surface area contributed by atoms with Gasteiger partial charge in [0.1, 0.15) is 0 Å². The molecule has 3 fully saturated rings. The van der Waals surface area contributed by atoms with Crippen LogP contribution in [0.4, 0.5) is 4.39 Å². The fraction of sp³-hybridized carbons (Fsp3) is 0.762. The Balaban J connectivity index is 1.84. The quantitative estimate of drug-likeness (QED) is 0.706. The molecular weight excluding hydrogens is 319 g/mol. The molecule has 4 aliphatic carbocycles. The summed E-state index contributed by atoms with van der Waals surface area (Å²) in [6.45, 7) is 7.74. The van der Waals surface area contributed by atoms with Crippen LogP contribution in [0.15, 0.2) is 23.8 Å². The third-order valence-electron chi connectivity index (χ3n) is 8.75. The Bertz CT molecular complexity index is 695. The van der Waals surface area contributed by atoms with Gasteiger partial charge in [0.2, 0.25) is 0 Å². The molecule has 0 aromatic heterocycles. The van der Waals surface area contributed by atoms with Crippen LogP contribution in [0.5, 0.6) is 0 Å². The topological polar surface area (TPSA) is 57.5 Å². The van der Waals surface area contributed by atoms with E-state index >= 15 is 4.39 Å². The van der Waals surface area contributed by atoms with Gasteiger partial charge >= 0.3 is 0 Å². The summed E-state index contributed by atoms with van der Waals surface area (Å²) in [5.41, 5.74) is -3.33. The van der Waals surface area contributed by atoms with E-state index in [0.717, 1.165) is 12.0 Å². The fourth-order valence-electron chi connectivity index (χ4n) is 6.75. The summed E-state index contributed by atoms with van der Waals surface area (Å²) in [5.74, 6) is -0.291. The zero-order chi connectivity index (χ0) is 18.4. The lowest BCUT2D eigenvalue weighted by molar-refractivity contribution is -0.216. The SMILES string of the molecule is CC1CC2C3CCC4=CC(=O)C=CC4(C)C3(F)C(O)CC2(C)C1(C)O. The number of carbonyl (C=O) groups is 1. The van der Waals surface area contributed by atoms with Gasteiger partial charge in [0.05, 0.1) is 11.7 Å². The fourth-order valence-corrected chi connectivity index (χ4v) is 6.75. The van der Waals surface area contributed by atoms with Gasteiger partial charge in [-0.1, -0.05) is 25.5 Å². The molecule has 4 heteroatoms. The van der Waals surface area contributed by atoms with Gasteiger partial charge in [-0.25, -0.2) is 4.39 Å². The highest BCUT2D eigenvalue weighted by Crippen LogP contribution is 2.70. The van der Waals surface area contributed by atoms with Gasteiger partial charge < -0.3 is 10.2 Å². The molecule has 138 valence electrons. The van der Waals surface area contributed by atoms with E-state index in [4.69, 9.17) is 0 Å². The van der Waals surface area contributed by atoms with Crippen molar-refractivity contribution >= 4 is 5.78 Å². The van der Waals surface area contributed by atoms with Crippen LogP contribution in [0.25, 0.3) is 0 Å². The number of alkyl halides is 1. The van der Waals surface area contributed by atoms with E-state index in [1.807, 2.05) is 27.7 Å². The Morgan fingerprint density at radius 1 is 1.24 bits per heavy atom. The first-order valence-electron chi connectivity index (χ1n) is 9.52. The second kappa shape index (κ2) is 4.83. The van der Waals surface area contributed by atoms with Crippen LogP contribution in [0.2, 0.25) is 0 Å². The first-order chi connectivity index (χ1) is 11.5. The molecule has 0 amide bonds. The van der Waals surface area contributed by atoms with Crippen LogP contribution in [0, 0.1) is 28.6 Å². The van der Waals surface area contributed by atoms with Crippen LogP contribution < -0.4 is 0 Å². The minimum atomic E-state index is -1.79. The van der Waals surface area contributed by atoms with Gasteiger partial charge in [0.15, 0.2) is 11.5 Å². The molecule has 3 nitrogen and oxygen atoms in total. The average Bonchev–Trinajstić information content (AvgIpc) is 2.70. The van der Waals surface area contributed by atoms with Gasteiger partial charge in [0, 0.05) is 16.7 Å². The predicted molar refractivity (Wildman–Crippen MR) is 93.5 cm³/mol. The maximum absolute atomic E-state index is 16.7. The zero-order valence-electron chi connectivity index (χ0n) is 15.6. The molecule has 0 bridgehead atoms. The summed E-state index contributed by atoms with van der Waals surface area (Å²) in [4.78, 5) is 11.8. The first-order valence-corrected chi connectivity index (χ1v) is 9.52. The van der Waals surface area contributed by atoms with Gasteiger partial charge in [-0.3, -0.25) is 4.79 Å². The summed E-state index contributed by atoms with van der Waals surface area (Å²) >= 11 is 0. The Kier molecular flexibility index (Phi) is 3.37. The molecule has 3 saturated carbocycles. The van der Waals surface area contributed by atoms with Crippen molar-refractivity contribution in [3.63, 3.8) is 0 Å². The number of rotatable bonds is 0. The molecule has 0 heterocycles. The van der Waals surface area contributed by atoms with Crippen LogP contribution in [0.3, 0.4) is 0 Å². The number of fused-ring (bicyclic) bond motifs is 5. The van der Waals surface area contributed by atoms with Gasteiger partial charge in [0.25, 0.3) is 0 Å². The molecule has 0 radical (unpaired) electrons. The molecule has 4 aliphatic rings. The average molecular weight is 348 g/mol. The zero-order valence-corrected chi connectivity index (χ0v) is 15.6. The number of carbonyl (C=O) groups excluding carboxylic acids is 1. The van der Waals surface area contributed by atoms with E-state index in [0.29, 0.717) is 12.8 Å². The smallest absolute Gasteiger partial charge is 0.178 e. The van der Waals surface area contributed by atoms with Crippen molar-refractivity contribution < 1.29 is 19.4 Å². The molecule has 2 N–H and O–H groups in total. The molecule has 0 saturated heterocycles. The van der Waals surface area contributed by atoms with E-state index in [9.17, 15) is 15.0 Å². The summed E-state index contributed by atoms with van der Waals surface area (Å²) in [6, 6.07) is 0. The monoisotopic (exact) mass is 348 g/mol. The highest BCUT2D eigenvalue weighted by Gasteiger charge is 2.73. The summed E-state index contributed by atoms with van der Waals surface area (Å²) in [6.07, 6.45) is 5.88. The molecule has 0 spiro atoms. The number of hydrogen-bond acceptors (Lipinski definition) is 3.